The number of nitrogens with two attached hydrogens (primary N) is 1. The molecular weight excluding hydrogens is 294 g/mol. The van der Waals surface area contributed by atoms with E-state index >= 15 is 0 Å². The van der Waals surface area contributed by atoms with E-state index in [1.54, 1.807) is 6.07 Å². The third-order valence-corrected chi connectivity index (χ3v) is 6.53. The van der Waals surface area contributed by atoms with Gasteiger partial charge in [-0.25, -0.2) is 13.1 Å². The predicted molar refractivity (Wildman–Crippen MR) is 82.6 cm³/mol. The standard InChI is InChI=1S/C13H23N3O2S2/c14-7-6-12-4-5-13(19-12)20(17,18)15-8-3-11-16-9-1-2-10-16/h4-5,15H,1-3,6-11,14H2. The number of thiophene rings is 1. The van der Waals surface area contributed by atoms with Crippen LogP contribution in [0, 0.1) is 0 Å². The Morgan fingerprint density at radius 3 is 2.75 bits per heavy atom. The molecular formula is C13H23N3O2S2. The van der Waals surface area contributed by atoms with Crippen molar-refractivity contribution in [2.45, 2.75) is 29.9 Å². The molecule has 1 saturated heterocycles. The van der Waals surface area contributed by atoms with Crippen LogP contribution in [0.5, 0.6) is 0 Å². The molecule has 1 aromatic heterocycles. The number of sulfonamides is 1. The topological polar surface area (TPSA) is 75.4 Å². The largest absolute Gasteiger partial charge is 0.330 e. The SMILES string of the molecule is NCCc1ccc(S(=O)(=O)NCCCN2CCCC2)s1. The first-order valence-electron chi connectivity index (χ1n) is 7.12. The lowest BCUT2D eigenvalue weighted by Crippen LogP contribution is -2.28. The van der Waals surface area contributed by atoms with Gasteiger partial charge in [-0.1, -0.05) is 0 Å². The van der Waals surface area contributed by atoms with Crippen molar-refractivity contribution in [3.8, 4) is 0 Å². The van der Waals surface area contributed by atoms with Gasteiger partial charge in [0.05, 0.1) is 0 Å². The highest BCUT2D eigenvalue weighted by molar-refractivity contribution is 7.91. The third-order valence-electron chi connectivity index (χ3n) is 3.43. The van der Waals surface area contributed by atoms with Crippen LogP contribution in [0.25, 0.3) is 0 Å². The lowest BCUT2D eigenvalue weighted by atomic mass is 10.3. The molecule has 0 amide bonds. The van der Waals surface area contributed by atoms with Crippen LogP contribution < -0.4 is 10.5 Å². The molecule has 2 rings (SSSR count). The summed E-state index contributed by atoms with van der Waals surface area (Å²) in [6.07, 6.45) is 4.13. The van der Waals surface area contributed by atoms with E-state index in [0.717, 1.165) is 37.4 Å². The quantitative estimate of drug-likeness (QED) is 0.702. The molecule has 1 aliphatic heterocycles. The molecule has 0 spiro atoms. The number of likely N-dealkylation sites (tertiary alicyclic amines) is 1. The minimum Gasteiger partial charge on any atom is -0.330 e. The Balaban J connectivity index is 1.77. The minimum absolute atomic E-state index is 0.391. The summed E-state index contributed by atoms with van der Waals surface area (Å²) in [7, 11) is -3.34. The van der Waals surface area contributed by atoms with Crippen molar-refractivity contribution >= 4 is 21.4 Å². The summed E-state index contributed by atoms with van der Waals surface area (Å²) in [5, 5.41) is 0. The molecule has 1 aromatic rings. The van der Waals surface area contributed by atoms with E-state index < -0.39 is 10.0 Å². The fourth-order valence-corrected chi connectivity index (χ4v) is 4.86. The predicted octanol–water partition coefficient (Wildman–Crippen LogP) is 1.01. The molecule has 0 radical (unpaired) electrons. The average molecular weight is 317 g/mol. The summed E-state index contributed by atoms with van der Waals surface area (Å²) in [5.74, 6) is 0. The Morgan fingerprint density at radius 1 is 1.30 bits per heavy atom. The van der Waals surface area contributed by atoms with Crippen molar-refractivity contribution in [3.63, 3.8) is 0 Å². The Bertz CT molecular complexity index is 507. The van der Waals surface area contributed by atoms with Crippen LogP contribution in [-0.2, 0) is 16.4 Å². The van der Waals surface area contributed by atoms with E-state index in [0.29, 0.717) is 17.3 Å². The van der Waals surface area contributed by atoms with E-state index in [1.165, 1.54) is 24.2 Å². The normalized spacial score (nSPS) is 16.9. The van der Waals surface area contributed by atoms with Gasteiger partial charge in [0.1, 0.15) is 4.21 Å². The second-order valence-corrected chi connectivity index (χ2v) is 8.22. The molecule has 0 atom stereocenters. The van der Waals surface area contributed by atoms with Gasteiger partial charge in [0.25, 0.3) is 0 Å². The van der Waals surface area contributed by atoms with Crippen molar-refractivity contribution in [1.82, 2.24) is 9.62 Å². The summed E-state index contributed by atoms with van der Waals surface area (Å²) in [4.78, 5) is 3.41. The Morgan fingerprint density at radius 2 is 2.05 bits per heavy atom. The number of nitrogens with zero attached hydrogens (tertiary/aromatic N) is 1. The first-order chi connectivity index (χ1) is 9.62. The fraction of sp³-hybridized carbons (Fsp3) is 0.692. The Labute approximate surface area is 125 Å². The third kappa shape index (κ3) is 4.53. The maximum absolute atomic E-state index is 12.1. The lowest BCUT2D eigenvalue weighted by Gasteiger charge is -2.14. The molecule has 0 saturated carbocycles. The average Bonchev–Trinajstić information content (AvgIpc) is 3.06. The van der Waals surface area contributed by atoms with E-state index in [1.807, 2.05) is 6.07 Å². The van der Waals surface area contributed by atoms with Crippen molar-refractivity contribution in [1.29, 1.82) is 0 Å². The molecule has 1 aliphatic rings. The number of nitrogens with one attached hydrogen (secondary N) is 1. The first-order valence-corrected chi connectivity index (χ1v) is 9.42. The van der Waals surface area contributed by atoms with Gasteiger partial charge in [-0.15, -0.1) is 11.3 Å². The maximum atomic E-state index is 12.1. The molecule has 0 unspecified atom stereocenters. The number of rotatable bonds is 8. The number of hydrogen-bond donors (Lipinski definition) is 2. The van der Waals surface area contributed by atoms with Crippen molar-refractivity contribution in [2.75, 3.05) is 32.7 Å². The minimum atomic E-state index is -3.34. The molecule has 0 aromatic carbocycles. The molecule has 2 heterocycles. The van der Waals surface area contributed by atoms with Gasteiger partial charge >= 0.3 is 0 Å². The first kappa shape index (κ1) is 15.9. The van der Waals surface area contributed by atoms with Crippen LogP contribution in [0.4, 0.5) is 0 Å². The second kappa shape index (κ2) is 7.51. The van der Waals surface area contributed by atoms with Gasteiger partial charge in [-0.3, -0.25) is 0 Å². The van der Waals surface area contributed by atoms with Crippen LogP contribution in [0.3, 0.4) is 0 Å². The van der Waals surface area contributed by atoms with Crippen molar-refractivity contribution < 1.29 is 8.42 Å². The summed E-state index contributed by atoms with van der Waals surface area (Å²) < 4.78 is 27.3. The lowest BCUT2D eigenvalue weighted by molar-refractivity contribution is 0.334. The van der Waals surface area contributed by atoms with Crippen LogP contribution in [0.2, 0.25) is 0 Å². The molecule has 0 bridgehead atoms. The van der Waals surface area contributed by atoms with Gasteiger partial charge < -0.3 is 10.6 Å². The molecule has 1 fully saturated rings. The van der Waals surface area contributed by atoms with Gasteiger partial charge in [0.15, 0.2) is 0 Å². The highest BCUT2D eigenvalue weighted by Crippen LogP contribution is 2.21. The smallest absolute Gasteiger partial charge is 0.250 e. The van der Waals surface area contributed by atoms with Crippen LogP contribution in [-0.4, -0.2) is 46.0 Å². The van der Waals surface area contributed by atoms with Crippen molar-refractivity contribution in [3.05, 3.63) is 17.0 Å². The highest BCUT2D eigenvalue weighted by Gasteiger charge is 2.16. The summed E-state index contributed by atoms with van der Waals surface area (Å²) in [6, 6.07) is 3.51. The van der Waals surface area contributed by atoms with Crippen molar-refractivity contribution in [2.24, 2.45) is 5.73 Å². The molecule has 5 nitrogen and oxygen atoms in total. The summed E-state index contributed by atoms with van der Waals surface area (Å²) in [5.41, 5.74) is 5.47. The van der Waals surface area contributed by atoms with E-state index in [4.69, 9.17) is 5.73 Å². The molecule has 114 valence electrons. The summed E-state index contributed by atoms with van der Waals surface area (Å²) in [6.45, 7) is 4.33. The molecule has 20 heavy (non-hydrogen) atoms. The van der Waals surface area contributed by atoms with Crippen LogP contribution in [0.1, 0.15) is 24.1 Å². The highest BCUT2D eigenvalue weighted by atomic mass is 32.2. The monoisotopic (exact) mass is 317 g/mol. The number of hydrogen-bond acceptors (Lipinski definition) is 5. The Kier molecular flexibility index (Phi) is 5.98. The summed E-state index contributed by atoms with van der Waals surface area (Å²) >= 11 is 1.31. The van der Waals surface area contributed by atoms with E-state index in [2.05, 4.69) is 9.62 Å². The molecule has 7 heteroatoms. The molecule has 3 N–H and O–H groups in total. The second-order valence-electron chi connectivity index (χ2n) is 5.06. The maximum Gasteiger partial charge on any atom is 0.250 e. The zero-order valence-corrected chi connectivity index (χ0v) is 13.3. The van der Waals surface area contributed by atoms with Crippen LogP contribution >= 0.6 is 11.3 Å². The molecule has 0 aliphatic carbocycles. The van der Waals surface area contributed by atoms with Gasteiger partial charge in [0.2, 0.25) is 10.0 Å². The fourth-order valence-electron chi connectivity index (χ4n) is 2.37. The van der Waals surface area contributed by atoms with Crippen LogP contribution in [0.15, 0.2) is 16.3 Å². The van der Waals surface area contributed by atoms with Gasteiger partial charge in [-0.2, -0.15) is 0 Å². The van der Waals surface area contributed by atoms with E-state index in [-0.39, 0.29) is 0 Å². The zero-order valence-electron chi connectivity index (χ0n) is 11.7. The van der Waals surface area contributed by atoms with Gasteiger partial charge in [0, 0.05) is 11.4 Å². The van der Waals surface area contributed by atoms with Gasteiger partial charge in [-0.05, 0) is 64.0 Å². The zero-order chi connectivity index (χ0) is 14.4. The van der Waals surface area contributed by atoms with E-state index in [9.17, 15) is 8.42 Å². The Hall–Kier alpha value is -0.470.